The minimum Gasteiger partial charge on any atom is -1.00 e. The fraction of sp³-hybridized carbons (Fsp3) is 0. The molecule has 4 N–H and O–H groups in total. The molecule has 0 aromatic rings. The Hall–Kier alpha value is 2.02. The van der Waals surface area contributed by atoms with E-state index in [2.05, 4.69) is 0 Å². The van der Waals surface area contributed by atoms with Gasteiger partial charge in [0.2, 0.25) is 0 Å². The Morgan fingerprint density at radius 1 is 1.25 bits per heavy atom. The molecule has 0 aromatic carbocycles. The molecule has 0 fully saturated rings. The first-order valence-electron chi connectivity index (χ1n) is 0.548. The number of hydrogen-bond acceptors (Lipinski definition) is 3. The van der Waals surface area contributed by atoms with Gasteiger partial charge in [-0.3, -0.25) is 0 Å². The van der Waals surface area contributed by atoms with Gasteiger partial charge in [0.25, 0.3) is 0 Å². The number of hydrogen-bond donors (Lipinski definition) is 0. The van der Waals surface area contributed by atoms with Crippen LogP contribution in [0.4, 0.5) is 0 Å². The van der Waals surface area contributed by atoms with Crippen LogP contribution in [0.15, 0.2) is 0 Å². The molecule has 0 saturated carbocycles. The predicted octanol–water partition coefficient (Wildman–Crippen LogP) is -5.04. The molecule has 0 aliphatic heterocycles. The summed E-state index contributed by atoms with van der Waals surface area (Å²) >= 11 is 0. The van der Waals surface area contributed by atoms with Crippen molar-refractivity contribution in [3.05, 3.63) is 15.3 Å². The smallest absolute Gasteiger partial charge is 1.00 e. The molecular weight excluding hydrogens is 173 g/mol. The molecule has 0 rings (SSSR count). The van der Waals surface area contributed by atoms with Crippen molar-refractivity contribution in [1.82, 2.24) is 0 Å². The molecule has 0 radical (unpaired) electrons. The van der Waals surface area contributed by atoms with Crippen molar-refractivity contribution in [3.63, 3.8) is 0 Å². The van der Waals surface area contributed by atoms with Crippen molar-refractivity contribution in [1.29, 1.82) is 0 Å². The summed E-state index contributed by atoms with van der Waals surface area (Å²) in [5.74, 6) is 0. The zero-order chi connectivity index (χ0) is 3.58. The average Bonchev–Trinajstić information content (AvgIpc) is 0.811. The van der Waals surface area contributed by atoms with Crippen LogP contribution in [0.3, 0.4) is 0 Å². The Balaban J connectivity index is -0.00000000300. The van der Waals surface area contributed by atoms with E-state index < -0.39 is 5.09 Å². The topological polar surface area (TPSA) is 129 Å². The van der Waals surface area contributed by atoms with Crippen molar-refractivity contribution in [2.45, 2.75) is 0 Å². The van der Waals surface area contributed by atoms with Gasteiger partial charge in [-0.2, -0.15) is 0 Å². The molecule has 44 valence electrons. The molecule has 0 atom stereocenters. The quantitative estimate of drug-likeness (QED) is 0.209. The van der Waals surface area contributed by atoms with Crippen LogP contribution < -0.4 is 51.4 Å². The molecule has 8 heavy (non-hydrogen) atoms. The summed E-state index contributed by atoms with van der Waals surface area (Å²) in [7, 11) is 0. The molecule has 0 aliphatic carbocycles. The maximum absolute atomic E-state index is 8.25. The summed E-state index contributed by atoms with van der Waals surface area (Å²) in [4.78, 5) is 8.25. The van der Waals surface area contributed by atoms with Crippen LogP contribution in [-0.4, -0.2) is 53.8 Å². The largest absolute Gasteiger partial charge is 2.00 e. The Kier molecular flexibility index (Phi) is 93.1. The monoisotopic (exact) mass is 179 g/mol. The summed E-state index contributed by atoms with van der Waals surface area (Å²) < 4.78 is 0. The van der Waals surface area contributed by atoms with Crippen molar-refractivity contribution in [3.8, 4) is 0 Å². The van der Waals surface area contributed by atoms with Crippen LogP contribution in [0, 0.1) is 15.3 Å². The van der Waals surface area contributed by atoms with Crippen molar-refractivity contribution < 1.29 is 70.3 Å². The summed E-state index contributed by atoms with van der Waals surface area (Å²) in [6.07, 6.45) is 0. The minimum atomic E-state index is -1.75. The molecule has 0 spiro atoms. The zero-order valence-corrected chi connectivity index (χ0v) is 9.71. The third kappa shape index (κ3) is 97.1. The minimum absolute atomic E-state index is 0. The Labute approximate surface area is 121 Å². The van der Waals surface area contributed by atoms with E-state index in [1.807, 2.05) is 0 Å². The van der Waals surface area contributed by atoms with E-state index in [9.17, 15) is 0 Å². The Morgan fingerprint density at radius 2 is 1.25 bits per heavy atom. The first kappa shape index (κ1) is 32.4. The maximum atomic E-state index is 8.25. The Morgan fingerprint density at radius 3 is 1.25 bits per heavy atom. The van der Waals surface area contributed by atoms with Crippen LogP contribution in [0.2, 0.25) is 0 Å². The van der Waals surface area contributed by atoms with Gasteiger partial charge in [-0.25, -0.2) is 0 Å². The SMILES string of the molecule is O.O.O=[N+]([O-])[O-].[Ca+2].[H-].[H-].[K+]. The maximum Gasteiger partial charge on any atom is 2.00 e. The van der Waals surface area contributed by atoms with E-state index >= 15 is 0 Å². The second kappa shape index (κ2) is 23.0. The van der Waals surface area contributed by atoms with Gasteiger partial charge in [0.05, 0.1) is 5.09 Å². The summed E-state index contributed by atoms with van der Waals surface area (Å²) in [6, 6.07) is 0. The standard InChI is InChI=1S/Ca.K.NO3.2H2O.2H/c;;2-1(3)4;;;;/h;;;2*1H2;;/q+2;+1;-1;;;2*-1. The van der Waals surface area contributed by atoms with Gasteiger partial charge >= 0.3 is 89.1 Å². The molecule has 6 nitrogen and oxygen atoms in total. The first-order chi connectivity index (χ1) is 1.73. The Bertz CT molecular complexity index is 42.6. The van der Waals surface area contributed by atoms with Crippen LogP contribution in [-0.2, 0) is 0 Å². The van der Waals surface area contributed by atoms with Gasteiger partial charge in [-0.05, 0) is 0 Å². The van der Waals surface area contributed by atoms with E-state index in [1.165, 1.54) is 0 Å². The van der Waals surface area contributed by atoms with E-state index in [-0.39, 0.29) is 103 Å². The number of rotatable bonds is 0. The van der Waals surface area contributed by atoms with E-state index in [0.29, 0.717) is 0 Å². The van der Waals surface area contributed by atoms with Crippen molar-refractivity contribution in [2.24, 2.45) is 0 Å². The van der Waals surface area contributed by atoms with Crippen LogP contribution in [0.5, 0.6) is 0 Å². The van der Waals surface area contributed by atoms with Gasteiger partial charge in [-0.15, -0.1) is 0 Å². The normalized spacial score (nSPS) is 3.00. The molecule has 0 saturated heterocycles. The molecule has 0 aromatic heterocycles. The van der Waals surface area contributed by atoms with Crippen LogP contribution in [0.25, 0.3) is 0 Å². The summed E-state index contributed by atoms with van der Waals surface area (Å²) in [5, 5.41) is 14.8. The number of nitrogens with zero attached hydrogens (tertiary/aromatic N) is 1. The van der Waals surface area contributed by atoms with Gasteiger partial charge in [0, 0.05) is 0 Å². The van der Waals surface area contributed by atoms with E-state index in [1.54, 1.807) is 0 Å². The van der Waals surface area contributed by atoms with Gasteiger partial charge in [0.1, 0.15) is 0 Å². The molecule has 8 heteroatoms. The van der Waals surface area contributed by atoms with Gasteiger partial charge < -0.3 is 29.1 Å². The third-order valence-corrected chi connectivity index (χ3v) is 0. The van der Waals surface area contributed by atoms with Gasteiger partial charge in [-0.1, -0.05) is 0 Å². The van der Waals surface area contributed by atoms with E-state index in [4.69, 9.17) is 15.3 Å². The molecule has 0 bridgehead atoms. The summed E-state index contributed by atoms with van der Waals surface area (Å²) in [6.45, 7) is 0. The van der Waals surface area contributed by atoms with Crippen molar-refractivity contribution in [2.75, 3.05) is 0 Å². The van der Waals surface area contributed by atoms with Crippen LogP contribution in [0.1, 0.15) is 2.85 Å². The second-order valence-electron chi connectivity index (χ2n) is 0.224. The molecule has 0 unspecified atom stereocenters. The van der Waals surface area contributed by atoms with Gasteiger partial charge in [0.15, 0.2) is 0 Å². The zero-order valence-electron chi connectivity index (χ0n) is 6.38. The van der Waals surface area contributed by atoms with Crippen molar-refractivity contribution >= 4 is 37.7 Å². The van der Waals surface area contributed by atoms with E-state index in [0.717, 1.165) is 0 Å². The fourth-order valence-electron chi connectivity index (χ4n) is 0. The average molecular weight is 179 g/mol. The molecule has 0 aliphatic rings. The predicted molar refractivity (Wildman–Crippen MR) is 25.6 cm³/mol. The molecule has 0 amide bonds. The first-order valence-corrected chi connectivity index (χ1v) is 0.548. The molecular formula is H6CaKNO5. The molecule has 0 heterocycles. The summed E-state index contributed by atoms with van der Waals surface area (Å²) in [5.41, 5.74) is 0. The second-order valence-corrected chi connectivity index (χ2v) is 0.224. The van der Waals surface area contributed by atoms with Crippen LogP contribution >= 0.6 is 0 Å². The third-order valence-electron chi connectivity index (χ3n) is 0. The fourth-order valence-corrected chi connectivity index (χ4v) is 0.